The van der Waals surface area contributed by atoms with Crippen LogP contribution in [-0.4, -0.2) is 43.0 Å². The van der Waals surface area contributed by atoms with Gasteiger partial charge in [0.15, 0.2) is 6.61 Å². The maximum absolute atomic E-state index is 12.1. The summed E-state index contributed by atoms with van der Waals surface area (Å²) < 4.78 is 5.14. The minimum atomic E-state index is -0.318. The van der Waals surface area contributed by atoms with Gasteiger partial charge in [-0.2, -0.15) is 0 Å². The number of nitrogens with zero attached hydrogens (tertiary/aromatic N) is 1. The Bertz CT molecular complexity index is 358. The van der Waals surface area contributed by atoms with Crippen LogP contribution in [0.15, 0.2) is 0 Å². The first-order valence-corrected chi connectivity index (χ1v) is 8.55. The van der Waals surface area contributed by atoms with Crippen molar-refractivity contribution in [2.45, 2.75) is 64.8 Å². The first-order chi connectivity index (χ1) is 10.4. The number of amides is 1. The zero-order valence-corrected chi connectivity index (χ0v) is 15.6. The molecule has 1 aliphatic rings. The Morgan fingerprint density at radius 2 is 1.83 bits per heavy atom. The highest BCUT2D eigenvalue weighted by Crippen LogP contribution is 2.21. The van der Waals surface area contributed by atoms with Crippen molar-refractivity contribution in [1.29, 1.82) is 0 Å². The second-order valence-electron chi connectivity index (χ2n) is 6.89. The molecule has 6 heteroatoms. The van der Waals surface area contributed by atoms with E-state index in [-0.39, 0.29) is 36.8 Å². The number of carbonyl (C=O) groups excluding carboxylic acids is 2. The van der Waals surface area contributed by atoms with E-state index in [2.05, 4.69) is 13.8 Å². The second-order valence-corrected chi connectivity index (χ2v) is 6.89. The molecule has 1 amide bonds. The number of hydrogen-bond acceptors (Lipinski definition) is 4. The lowest BCUT2D eigenvalue weighted by molar-refractivity contribution is -0.153. The topological polar surface area (TPSA) is 72.6 Å². The van der Waals surface area contributed by atoms with Gasteiger partial charge in [0, 0.05) is 19.5 Å². The molecule has 2 N–H and O–H groups in total. The molecule has 0 radical (unpaired) electrons. The van der Waals surface area contributed by atoms with Crippen molar-refractivity contribution < 1.29 is 14.3 Å². The van der Waals surface area contributed by atoms with Gasteiger partial charge in [-0.05, 0) is 37.6 Å². The lowest BCUT2D eigenvalue weighted by Gasteiger charge is -2.31. The van der Waals surface area contributed by atoms with Gasteiger partial charge in [0.1, 0.15) is 0 Å². The molecular weight excluding hydrogens is 316 g/mol. The predicted molar refractivity (Wildman–Crippen MR) is 94.5 cm³/mol. The van der Waals surface area contributed by atoms with Crippen molar-refractivity contribution in [3.05, 3.63) is 0 Å². The molecule has 23 heavy (non-hydrogen) atoms. The van der Waals surface area contributed by atoms with Crippen LogP contribution in [0.4, 0.5) is 0 Å². The summed E-state index contributed by atoms with van der Waals surface area (Å²) in [6.07, 6.45) is 6.92. The fourth-order valence-electron chi connectivity index (χ4n) is 3.14. The molecule has 1 rings (SSSR count). The number of hydrogen-bond donors (Lipinski definition) is 1. The lowest BCUT2D eigenvalue weighted by atomic mass is 9.94. The molecule has 1 aliphatic carbocycles. The SMILES string of the molecule is CC(C)C[C@H](CN)CC(=O)OCC(=O)N(C)C1CCCCC1.Cl. The smallest absolute Gasteiger partial charge is 0.306 e. The number of likely N-dealkylation sites (N-methyl/N-ethyl adjacent to an activating group) is 1. The van der Waals surface area contributed by atoms with Crippen LogP contribution in [0, 0.1) is 11.8 Å². The molecule has 0 aromatic heterocycles. The molecule has 136 valence electrons. The van der Waals surface area contributed by atoms with Crippen LogP contribution < -0.4 is 5.73 Å². The summed E-state index contributed by atoms with van der Waals surface area (Å²) in [4.78, 5) is 25.7. The average molecular weight is 349 g/mol. The number of rotatable bonds is 8. The largest absolute Gasteiger partial charge is 0.456 e. The zero-order valence-electron chi connectivity index (χ0n) is 14.8. The van der Waals surface area contributed by atoms with E-state index in [1.165, 1.54) is 19.3 Å². The molecule has 5 nitrogen and oxygen atoms in total. The quantitative estimate of drug-likeness (QED) is 0.684. The molecular formula is C17H33ClN2O3. The summed E-state index contributed by atoms with van der Waals surface area (Å²) in [7, 11) is 1.81. The third-order valence-corrected chi connectivity index (χ3v) is 4.47. The van der Waals surface area contributed by atoms with Crippen LogP contribution in [0.25, 0.3) is 0 Å². The Hall–Kier alpha value is -0.810. The van der Waals surface area contributed by atoms with E-state index < -0.39 is 0 Å². The van der Waals surface area contributed by atoms with E-state index in [0.717, 1.165) is 19.3 Å². The average Bonchev–Trinajstić information content (AvgIpc) is 2.51. The maximum Gasteiger partial charge on any atom is 0.306 e. The fraction of sp³-hybridized carbons (Fsp3) is 0.882. The van der Waals surface area contributed by atoms with E-state index in [1.54, 1.807) is 4.90 Å². The van der Waals surface area contributed by atoms with Gasteiger partial charge in [0.25, 0.3) is 5.91 Å². The third-order valence-electron chi connectivity index (χ3n) is 4.47. The molecule has 0 saturated heterocycles. The molecule has 0 unspecified atom stereocenters. The molecule has 0 aliphatic heterocycles. The number of carbonyl (C=O) groups is 2. The fourth-order valence-corrected chi connectivity index (χ4v) is 3.14. The van der Waals surface area contributed by atoms with Crippen LogP contribution in [0.5, 0.6) is 0 Å². The van der Waals surface area contributed by atoms with Crippen molar-refractivity contribution in [2.75, 3.05) is 20.2 Å². The normalized spacial score (nSPS) is 16.6. The van der Waals surface area contributed by atoms with Gasteiger partial charge < -0.3 is 15.4 Å². The number of nitrogens with two attached hydrogens (primary N) is 1. The van der Waals surface area contributed by atoms with E-state index in [9.17, 15) is 9.59 Å². The van der Waals surface area contributed by atoms with Gasteiger partial charge in [0.05, 0.1) is 0 Å². The highest BCUT2D eigenvalue weighted by molar-refractivity contribution is 5.85. The van der Waals surface area contributed by atoms with Crippen molar-refractivity contribution >= 4 is 24.3 Å². The molecule has 0 heterocycles. The Morgan fingerprint density at radius 1 is 1.22 bits per heavy atom. The van der Waals surface area contributed by atoms with Crippen LogP contribution >= 0.6 is 12.4 Å². The monoisotopic (exact) mass is 348 g/mol. The predicted octanol–water partition coefficient (Wildman–Crippen LogP) is 2.75. The van der Waals surface area contributed by atoms with E-state index in [0.29, 0.717) is 24.9 Å². The molecule has 1 fully saturated rings. The maximum atomic E-state index is 12.1. The van der Waals surface area contributed by atoms with Crippen LogP contribution in [0.3, 0.4) is 0 Å². The highest BCUT2D eigenvalue weighted by Gasteiger charge is 2.23. The number of ether oxygens (including phenoxy) is 1. The molecule has 0 aromatic rings. The van der Waals surface area contributed by atoms with Gasteiger partial charge in [-0.1, -0.05) is 33.1 Å². The van der Waals surface area contributed by atoms with Gasteiger partial charge in [-0.15, -0.1) is 12.4 Å². The van der Waals surface area contributed by atoms with Gasteiger partial charge in [-0.3, -0.25) is 9.59 Å². The van der Waals surface area contributed by atoms with Gasteiger partial charge in [0.2, 0.25) is 0 Å². The van der Waals surface area contributed by atoms with Crippen LogP contribution in [-0.2, 0) is 14.3 Å². The first kappa shape index (κ1) is 22.2. The van der Waals surface area contributed by atoms with Crippen molar-refractivity contribution in [3.63, 3.8) is 0 Å². The Labute approximate surface area is 146 Å². The lowest BCUT2D eigenvalue weighted by Crippen LogP contribution is -2.40. The number of esters is 1. The summed E-state index contributed by atoms with van der Waals surface area (Å²) in [5, 5.41) is 0. The van der Waals surface area contributed by atoms with E-state index in [1.807, 2.05) is 7.05 Å². The summed E-state index contributed by atoms with van der Waals surface area (Å²) >= 11 is 0. The standard InChI is InChI=1S/C17H32N2O3.ClH/c1-13(2)9-14(11-18)10-17(21)22-12-16(20)19(3)15-7-5-4-6-8-15;/h13-15H,4-12,18H2,1-3H3;1H/t14-;/m0./s1. The molecule has 0 spiro atoms. The molecule has 0 bridgehead atoms. The van der Waals surface area contributed by atoms with Crippen LogP contribution in [0.1, 0.15) is 58.8 Å². The van der Waals surface area contributed by atoms with Crippen molar-refractivity contribution in [1.82, 2.24) is 4.90 Å². The summed E-state index contributed by atoms with van der Waals surface area (Å²) in [6, 6.07) is 0.303. The van der Waals surface area contributed by atoms with Crippen molar-refractivity contribution in [2.24, 2.45) is 17.6 Å². The van der Waals surface area contributed by atoms with Gasteiger partial charge in [-0.25, -0.2) is 0 Å². The minimum Gasteiger partial charge on any atom is -0.456 e. The van der Waals surface area contributed by atoms with E-state index >= 15 is 0 Å². The minimum absolute atomic E-state index is 0. The second kappa shape index (κ2) is 11.7. The summed E-state index contributed by atoms with van der Waals surface area (Å²) in [6.45, 7) is 4.54. The highest BCUT2D eigenvalue weighted by atomic mass is 35.5. The Kier molecular flexibility index (Phi) is 11.3. The first-order valence-electron chi connectivity index (χ1n) is 8.55. The zero-order chi connectivity index (χ0) is 16.5. The Morgan fingerprint density at radius 3 is 2.35 bits per heavy atom. The van der Waals surface area contributed by atoms with Crippen molar-refractivity contribution in [3.8, 4) is 0 Å². The summed E-state index contributed by atoms with van der Waals surface area (Å²) in [5.41, 5.74) is 5.69. The number of halogens is 1. The Balaban J connectivity index is 0.00000484. The molecule has 1 saturated carbocycles. The molecule has 0 aromatic carbocycles. The van der Waals surface area contributed by atoms with E-state index in [4.69, 9.17) is 10.5 Å². The van der Waals surface area contributed by atoms with Gasteiger partial charge >= 0.3 is 5.97 Å². The van der Waals surface area contributed by atoms with Crippen LogP contribution in [0.2, 0.25) is 0 Å². The molecule has 1 atom stereocenters. The summed E-state index contributed by atoms with van der Waals surface area (Å²) in [5.74, 6) is 0.217. The third kappa shape index (κ3) is 8.56.